The van der Waals surface area contributed by atoms with Crippen molar-refractivity contribution >= 4 is 17.5 Å². The monoisotopic (exact) mass is 191 g/mol. The molecular formula is C9H9N3O2. The topological polar surface area (TPSA) is 63.2 Å². The van der Waals surface area contributed by atoms with E-state index in [4.69, 9.17) is 0 Å². The number of piperidine rings is 1. The van der Waals surface area contributed by atoms with Gasteiger partial charge in [-0.3, -0.25) is 14.5 Å². The van der Waals surface area contributed by atoms with E-state index < -0.39 is 0 Å². The summed E-state index contributed by atoms with van der Waals surface area (Å²) in [6, 6.07) is 3.42. The normalized spacial score (nSPS) is 17.3. The smallest absolute Gasteiger partial charge is 0.235 e. The van der Waals surface area contributed by atoms with Crippen molar-refractivity contribution in [3.8, 4) is 0 Å². The minimum atomic E-state index is -0.193. The van der Waals surface area contributed by atoms with Crippen molar-refractivity contribution in [3.05, 3.63) is 18.3 Å². The van der Waals surface area contributed by atoms with E-state index in [2.05, 4.69) is 10.2 Å². The number of ketones is 1. The third-order valence-corrected chi connectivity index (χ3v) is 2.10. The molecule has 0 aromatic carbocycles. The second-order valence-electron chi connectivity index (χ2n) is 3.09. The number of amides is 1. The van der Waals surface area contributed by atoms with E-state index in [-0.39, 0.29) is 18.1 Å². The highest BCUT2D eigenvalue weighted by molar-refractivity contribution is 6.08. The molecular weight excluding hydrogens is 182 g/mol. The van der Waals surface area contributed by atoms with E-state index in [9.17, 15) is 9.59 Å². The van der Waals surface area contributed by atoms with Crippen LogP contribution in [-0.2, 0) is 9.59 Å². The second-order valence-corrected chi connectivity index (χ2v) is 3.09. The van der Waals surface area contributed by atoms with Crippen LogP contribution in [-0.4, -0.2) is 28.4 Å². The molecule has 0 spiro atoms. The molecule has 0 N–H and O–H groups in total. The van der Waals surface area contributed by atoms with Crippen LogP contribution in [0.2, 0.25) is 0 Å². The van der Waals surface area contributed by atoms with Crippen LogP contribution in [0.4, 0.5) is 5.82 Å². The molecule has 1 amide bonds. The lowest BCUT2D eigenvalue weighted by Crippen LogP contribution is -2.39. The summed E-state index contributed by atoms with van der Waals surface area (Å²) >= 11 is 0. The average molecular weight is 191 g/mol. The van der Waals surface area contributed by atoms with Crippen LogP contribution in [0.1, 0.15) is 12.8 Å². The Balaban J connectivity index is 2.20. The fraction of sp³-hybridized carbons (Fsp3) is 0.333. The first-order valence-electron chi connectivity index (χ1n) is 4.37. The summed E-state index contributed by atoms with van der Waals surface area (Å²) in [7, 11) is 0. The van der Waals surface area contributed by atoms with Crippen LogP contribution in [0.25, 0.3) is 0 Å². The molecule has 5 nitrogen and oxygen atoms in total. The van der Waals surface area contributed by atoms with Gasteiger partial charge in [0.1, 0.15) is 5.78 Å². The number of Topliss-reactive ketones (excluding diaryl/α,β-unsaturated/α-hetero) is 1. The molecule has 0 bridgehead atoms. The summed E-state index contributed by atoms with van der Waals surface area (Å²) in [4.78, 5) is 23.9. The number of hydrogen-bond donors (Lipinski definition) is 0. The number of hydrogen-bond acceptors (Lipinski definition) is 4. The van der Waals surface area contributed by atoms with E-state index in [0.29, 0.717) is 18.8 Å². The van der Waals surface area contributed by atoms with Crippen LogP contribution < -0.4 is 4.90 Å². The van der Waals surface area contributed by atoms with E-state index >= 15 is 0 Å². The van der Waals surface area contributed by atoms with Gasteiger partial charge in [0, 0.05) is 19.2 Å². The molecule has 0 atom stereocenters. The molecule has 14 heavy (non-hydrogen) atoms. The minimum absolute atomic E-state index is 0.00450. The van der Waals surface area contributed by atoms with Gasteiger partial charge in [-0.25, -0.2) is 0 Å². The number of anilines is 1. The molecule has 1 aliphatic rings. The van der Waals surface area contributed by atoms with Crippen molar-refractivity contribution in [2.24, 2.45) is 0 Å². The Labute approximate surface area is 80.7 Å². The quantitative estimate of drug-likeness (QED) is 0.594. The zero-order valence-electron chi connectivity index (χ0n) is 7.51. The predicted octanol–water partition coefficient (Wildman–Crippen LogP) is 0.172. The molecule has 1 aliphatic heterocycles. The lowest BCUT2D eigenvalue weighted by Gasteiger charge is -2.24. The Hall–Kier alpha value is -1.78. The van der Waals surface area contributed by atoms with Gasteiger partial charge in [-0.2, -0.15) is 5.10 Å². The molecule has 2 heterocycles. The van der Waals surface area contributed by atoms with Crippen molar-refractivity contribution in [1.29, 1.82) is 0 Å². The number of carbonyl (C=O) groups is 2. The van der Waals surface area contributed by atoms with Gasteiger partial charge in [0.15, 0.2) is 5.82 Å². The molecule has 72 valence electrons. The van der Waals surface area contributed by atoms with Gasteiger partial charge in [0.05, 0.1) is 6.42 Å². The first-order valence-corrected chi connectivity index (χ1v) is 4.37. The molecule has 1 fully saturated rings. The van der Waals surface area contributed by atoms with Crippen molar-refractivity contribution in [2.45, 2.75) is 12.8 Å². The summed E-state index contributed by atoms with van der Waals surface area (Å²) in [6.45, 7) is 0.413. The largest absolute Gasteiger partial charge is 0.299 e. The number of carbonyl (C=O) groups excluding carboxylic acids is 2. The molecule has 0 unspecified atom stereocenters. The Bertz CT molecular complexity index is 364. The maximum atomic E-state index is 11.4. The van der Waals surface area contributed by atoms with Crippen LogP contribution in [0.3, 0.4) is 0 Å². The molecule has 1 aromatic heterocycles. The second kappa shape index (κ2) is 3.53. The first kappa shape index (κ1) is 8.80. The molecule has 5 heteroatoms. The molecule has 1 saturated heterocycles. The number of rotatable bonds is 1. The zero-order chi connectivity index (χ0) is 9.97. The highest BCUT2D eigenvalue weighted by Gasteiger charge is 2.25. The third-order valence-electron chi connectivity index (χ3n) is 2.10. The number of aromatic nitrogens is 2. The fourth-order valence-corrected chi connectivity index (χ4v) is 1.39. The lowest BCUT2D eigenvalue weighted by molar-refractivity contribution is -0.128. The maximum absolute atomic E-state index is 11.4. The van der Waals surface area contributed by atoms with Crippen LogP contribution in [0.5, 0.6) is 0 Å². The summed E-state index contributed by atoms with van der Waals surface area (Å²) in [6.07, 6.45) is 1.93. The Morgan fingerprint density at radius 1 is 1.36 bits per heavy atom. The molecule has 1 aromatic rings. The molecule has 0 radical (unpaired) electrons. The van der Waals surface area contributed by atoms with Crippen LogP contribution >= 0.6 is 0 Å². The predicted molar refractivity (Wildman–Crippen MR) is 48.6 cm³/mol. The number of nitrogens with zero attached hydrogens (tertiary/aromatic N) is 3. The maximum Gasteiger partial charge on any atom is 0.235 e. The van der Waals surface area contributed by atoms with Gasteiger partial charge in [0.25, 0.3) is 0 Å². The van der Waals surface area contributed by atoms with Gasteiger partial charge >= 0.3 is 0 Å². The van der Waals surface area contributed by atoms with Gasteiger partial charge in [-0.1, -0.05) is 0 Å². The summed E-state index contributed by atoms with van der Waals surface area (Å²) in [5.41, 5.74) is 0. The third kappa shape index (κ3) is 1.61. The van der Waals surface area contributed by atoms with Crippen LogP contribution in [0, 0.1) is 0 Å². The van der Waals surface area contributed by atoms with Gasteiger partial charge in [-0.05, 0) is 12.1 Å². The zero-order valence-corrected chi connectivity index (χ0v) is 7.51. The lowest BCUT2D eigenvalue weighted by atomic mass is 10.1. The highest BCUT2D eigenvalue weighted by Crippen LogP contribution is 2.15. The summed E-state index contributed by atoms with van der Waals surface area (Å²) in [5, 5.41) is 7.51. The molecule has 0 aliphatic carbocycles. The summed E-state index contributed by atoms with van der Waals surface area (Å²) < 4.78 is 0. The van der Waals surface area contributed by atoms with Crippen molar-refractivity contribution in [1.82, 2.24) is 10.2 Å². The molecule has 2 rings (SSSR count). The Morgan fingerprint density at radius 2 is 2.21 bits per heavy atom. The Morgan fingerprint density at radius 3 is 2.86 bits per heavy atom. The molecule has 0 saturated carbocycles. The standard InChI is InChI=1S/C9H9N3O2/c13-7-3-5-12(9(14)6-7)8-2-1-4-10-11-8/h1-2,4H,3,5-6H2. The van der Waals surface area contributed by atoms with E-state index in [0.717, 1.165) is 0 Å². The SMILES string of the molecule is O=C1CCN(c2cccnn2)C(=O)C1. The average Bonchev–Trinajstić information content (AvgIpc) is 2.19. The van der Waals surface area contributed by atoms with Gasteiger partial charge in [-0.15, -0.1) is 5.10 Å². The van der Waals surface area contributed by atoms with Gasteiger partial charge in [0.2, 0.25) is 5.91 Å². The summed E-state index contributed by atoms with van der Waals surface area (Å²) in [5.74, 6) is 0.321. The van der Waals surface area contributed by atoms with Crippen molar-refractivity contribution in [2.75, 3.05) is 11.4 Å². The fourth-order valence-electron chi connectivity index (χ4n) is 1.39. The minimum Gasteiger partial charge on any atom is -0.299 e. The van der Waals surface area contributed by atoms with Gasteiger partial charge < -0.3 is 0 Å². The highest BCUT2D eigenvalue weighted by atomic mass is 16.2. The first-order chi connectivity index (χ1) is 6.77. The van der Waals surface area contributed by atoms with Crippen LogP contribution in [0.15, 0.2) is 18.3 Å². The van der Waals surface area contributed by atoms with E-state index in [1.54, 1.807) is 18.3 Å². The van der Waals surface area contributed by atoms with E-state index in [1.807, 2.05) is 0 Å². The Kier molecular flexibility index (Phi) is 2.22. The van der Waals surface area contributed by atoms with Crippen molar-refractivity contribution < 1.29 is 9.59 Å². The van der Waals surface area contributed by atoms with E-state index in [1.165, 1.54) is 4.90 Å². The van der Waals surface area contributed by atoms with Crippen molar-refractivity contribution in [3.63, 3.8) is 0 Å².